The van der Waals surface area contributed by atoms with Crippen LogP contribution in [0.1, 0.15) is 21.3 Å². The van der Waals surface area contributed by atoms with Gasteiger partial charge in [-0.25, -0.2) is 4.79 Å². The van der Waals surface area contributed by atoms with E-state index in [9.17, 15) is 4.79 Å². The molecule has 0 saturated carbocycles. The van der Waals surface area contributed by atoms with Crippen LogP contribution in [0.3, 0.4) is 0 Å². The van der Waals surface area contributed by atoms with E-state index in [0.29, 0.717) is 21.7 Å². The largest absolute Gasteiger partial charge is 0.460 e. The van der Waals surface area contributed by atoms with Gasteiger partial charge in [0.25, 0.3) is 0 Å². The van der Waals surface area contributed by atoms with Crippen molar-refractivity contribution in [2.75, 3.05) is 6.61 Å². The highest BCUT2D eigenvalue weighted by atomic mass is 32.2. The summed E-state index contributed by atoms with van der Waals surface area (Å²) in [5.74, 6) is -0.326. The van der Waals surface area contributed by atoms with Crippen LogP contribution in [0.25, 0.3) is 0 Å². The van der Waals surface area contributed by atoms with Gasteiger partial charge in [-0.15, -0.1) is 23.5 Å². The Balaban J connectivity index is 0.00000169. The van der Waals surface area contributed by atoms with Crippen LogP contribution < -0.4 is 0 Å². The molecule has 1 rings (SSSR count). The Morgan fingerprint density at radius 3 is 2.36 bits per heavy atom. The van der Waals surface area contributed by atoms with Gasteiger partial charge in [0.15, 0.2) is 0 Å². The molecular formula is C10H18O2S2. The maximum atomic E-state index is 10.8. The number of carbonyl (C=O) groups is 1. The topological polar surface area (TPSA) is 26.3 Å². The highest BCUT2D eigenvalue weighted by Crippen LogP contribution is 2.42. The van der Waals surface area contributed by atoms with Gasteiger partial charge in [-0.2, -0.15) is 0 Å². The average Bonchev–Trinajstić information content (AvgIpc) is 2.42. The lowest BCUT2D eigenvalue weighted by Gasteiger charge is -2.07. The molecule has 0 N–H and O–H groups in total. The van der Waals surface area contributed by atoms with Gasteiger partial charge in [-0.05, 0) is 0 Å². The molecule has 0 aromatic rings. The Hall–Kier alpha value is -0.0900. The van der Waals surface area contributed by atoms with Crippen LogP contribution in [0.2, 0.25) is 0 Å². The standard InChI is InChI=1S/C9H14O2S2.CH4/c1-4-8(10)11-5-9-12-6(2)7(3)13-9;/h4,6-7,9H,1,5H2,2-3H3;1H4. The summed E-state index contributed by atoms with van der Waals surface area (Å²) < 4.78 is 5.37. The molecule has 0 spiro atoms. The summed E-state index contributed by atoms with van der Waals surface area (Å²) in [6.45, 7) is 8.25. The van der Waals surface area contributed by atoms with Crippen LogP contribution >= 0.6 is 23.5 Å². The molecule has 0 amide bonds. The van der Waals surface area contributed by atoms with Crippen LogP contribution in [0.5, 0.6) is 0 Å². The van der Waals surface area contributed by atoms with Crippen LogP contribution in [0.4, 0.5) is 0 Å². The molecule has 82 valence electrons. The Labute approximate surface area is 94.9 Å². The minimum absolute atomic E-state index is 0. The zero-order chi connectivity index (χ0) is 9.84. The van der Waals surface area contributed by atoms with E-state index < -0.39 is 0 Å². The van der Waals surface area contributed by atoms with Gasteiger partial charge in [0.05, 0.1) is 4.58 Å². The molecule has 1 saturated heterocycles. The van der Waals surface area contributed by atoms with Crippen molar-refractivity contribution in [1.29, 1.82) is 0 Å². The number of hydrogen-bond donors (Lipinski definition) is 0. The zero-order valence-corrected chi connectivity index (χ0v) is 9.49. The van der Waals surface area contributed by atoms with Crippen LogP contribution in [-0.2, 0) is 9.53 Å². The van der Waals surface area contributed by atoms with Crippen molar-refractivity contribution in [2.24, 2.45) is 0 Å². The van der Waals surface area contributed by atoms with E-state index in [4.69, 9.17) is 4.74 Å². The van der Waals surface area contributed by atoms with Gasteiger partial charge in [0, 0.05) is 16.6 Å². The van der Waals surface area contributed by atoms with Crippen molar-refractivity contribution in [3.63, 3.8) is 0 Å². The molecule has 2 atom stereocenters. The Kier molecular flexibility index (Phi) is 6.36. The second-order valence-electron chi connectivity index (χ2n) is 2.95. The number of esters is 1. The maximum Gasteiger partial charge on any atom is 0.330 e. The molecule has 1 aliphatic heterocycles. The van der Waals surface area contributed by atoms with Crippen molar-refractivity contribution < 1.29 is 9.53 Å². The lowest BCUT2D eigenvalue weighted by atomic mass is 10.4. The summed E-state index contributed by atoms with van der Waals surface area (Å²) in [6.07, 6.45) is 1.21. The fourth-order valence-corrected chi connectivity index (χ4v) is 4.41. The second kappa shape index (κ2) is 6.40. The van der Waals surface area contributed by atoms with Gasteiger partial charge >= 0.3 is 5.97 Å². The van der Waals surface area contributed by atoms with Crippen molar-refractivity contribution >= 4 is 29.5 Å². The predicted molar refractivity (Wildman–Crippen MR) is 65.8 cm³/mol. The number of carbonyl (C=O) groups excluding carboxylic acids is 1. The minimum atomic E-state index is -0.326. The summed E-state index contributed by atoms with van der Waals surface area (Å²) in [5.41, 5.74) is 0. The Bertz CT molecular complexity index is 196. The first-order chi connectivity index (χ1) is 6.13. The van der Waals surface area contributed by atoms with Crippen LogP contribution in [0.15, 0.2) is 12.7 Å². The third-order valence-corrected chi connectivity index (χ3v) is 5.32. The van der Waals surface area contributed by atoms with E-state index in [1.807, 2.05) is 23.5 Å². The molecule has 2 unspecified atom stereocenters. The van der Waals surface area contributed by atoms with E-state index in [1.54, 1.807) is 0 Å². The molecule has 0 aromatic carbocycles. The molecule has 0 bridgehead atoms. The first-order valence-electron chi connectivity index (χ1n) is 4.23. The number of hydrogen-bond acceptors (Lipinski definition) is 4. The average molecular weight is 234 g/mol. The van der Waals surface area contributed by atoms with Gasteiger partial charge in [0.2, 0.25) is 0 Å². The molecule has 14 heavy (non-hydrogen) atoms. The van der Waals surface area contributed by atoms with E-state index in [-0.39, 0.29) is 13.4 Å². The highest BCUT2D eigenvalue weighted by Gasteiger charge is 2.29. The lowest BCUT2D eigenvalue weighted by Crippen LogP contribution is -2.09. The van der Waals surface area contributed by atoms with E-state index in [1.165, 1.54) is 6.08 Å². The monoisotopic (exact) mass is 234 g/mol. The van der Waals surface area contributed by atoms with Crippen molar-refractivity contribution in [3.8, 4) is 0 Å². The van der Waals surface area contributed by atoms with E-state index >= 15 is 0 Å². The second-order valence-corrected chi connectivity index (χ2v) is 6.41. The van der Waals surface area contributed by atoms with Crippen molar-refractivity contribution in [2.45, 2.75) is 36.4 Å². The van der Waals surface area contributed by atoms with Crippen molar-refractivity contribution in [1.82, 2.24) is 0 Å². The molecule has 0 radical (unpaired) electrons. The summed E-state index contributed by atoms with van der Waals surface area (Å²) >= 11 is 3.76. The first kappa shape index (κ1) is 13.9. The smallest absolute Gasteiger partial charge is 0.330 e. The normalized spacial score (nSPS) is 30.6. The summed E-state index contributed by atoms with van der Waals surface area (Å²) in [5, 5.41) is 1.30. The Morgan fingerprint density at radius 2 is 1.93 bits per heavy atom. The molecule has 0 aromatic heterocycles. The predicted octanol–water partition coefficient (Wildman–Crippen LogP) is 2.93. The van der Waals surface area contributed by atoms with Crippen LogP contribution in [0, 0.1) is 0 Å². The summed E-state index contributed by atoms with van der Waals surface area (Å²) in [6, 6.07) is 0. The summed E-state index contributed by atoms with van der Waals surface area (Å²) in [4.78, 5) is 10.8. The van der Waals surface area contributed by atoms with Crippen LogP contribution in [-0.4, -0.2) is 27.7 Å². The molecule has 2 nitrogen and oxygen atoms in total. The van der Waals surface area contributed by atoms with Gasteiger partial charge in [-0.3, -0.25) is 0 Å². The SMILES string of the molecule is C.C=CC(=O)OCC1SC(C)C(C)S1. The fourth-order valence-electron chi connectivity index (χ4n) is 1.02. The molecule has 1 heterocycles. The number of rotatable bonds is 3. The van der Waals surface area contributed by atoms with Gasteiger partial charge < -0.3 is 4.74 Å². The Morgan fingerprint density at radius 1 is 1.43 bits per heavy atom. The minimum Gasteiger partial charge on any atom is -0.460 e. The number of ether oxygens (including phenoxy) is 1. The zero-order valence-electron chi connectivity index (χ0n) is 7.86. The summed E-state index contributed by atoms with van der Waals surface area (Å²) in [7, 11) is 0. The molecule has 1 fully saturated rings. The molecular weight excluding hydrogens is 216 g/mol. The lowest BCUT2D eigenvalue weighted by molar-refractivity contribution is -0.137. The fraction of sp³-hybridized carbons (Fsp3) is 0.700. The van der Waals surface area contributed by atoms with Crippen molar-refractivity contribution in [3.05, 3.63) is 12.7 Å². The van der Waals surface area contributed by atoms with Gasteiger partial charge in [-0.1, -0.05) is 27.9 Å². The van der Waals surface area contributed by atoms with E-state index in [2.05, 4.69) is 20.4 Å². The van der Waals surface area contributed by atoms with Gasteiger partial charge in [0.1, 0.15) is 6.61 Å². The maximum absolute atomic E-state index is 10.8. The quantitative estimate of drug-likeness (QED) is 0.554. The molecule has 0 aliphatic carbocycles. The number of thioether (sulfide) groups is 2. The molecule has 1 aliphatic rings. The van der Waals surface area contributed by atoms with E-state index in [0.717, 1.165) is 0 Å². The third-order valence-electron chi connectivity index (χ3n) is 1.92. The first-order valence-corrected chi connectivity index (χ1v) is 6.12. The highest BCUT2D eigenvalue weighted by molar-refractivity contribution is 8.20. The third kappa shape index (κ3) is 3.96. The molecule has 4 heteroatoms.